The van der Waals surface area contributed by atoms with Crippen molar-refractivity contribution < 1.29 is 0 Å². The quantitative estimate of drug-likeness (QED) is 0.789. The van der Waals surface area contributed by atoms with Gasteiger partial charge < -0.3 is 10.2 Å². The van der Waals surface area contributed by atoms with Crippen LogP contribution in [0.15, 0.2) is 22.7 Å². The van der Waals surface area contributed by atoms with E-state index in [4.69, 9.17) is 0 Å². The van der Waals surface area contributed by atoms with E-state index in [0.717, 1.165) is 6.54 Å². The first-order chi connectivity index (χ1) is 9.99. The summed E-state index contributed by atoms with van der Waals surface area (Å²) in [5.41, 5.74) is 3.35. The van der Waals surface area contributed by atoms with Crippen molar-refractivity contribution in [2.24, 2.45) is 5.41 Å². The third-order valence-electron chi connectivity index (χ3n) is 5.13. The van der Waals surface area contributed by atoms with Crippen molar-refractivity contribution in [3.8, 4) is 0 Å². The Hall–Kier alpha value is -0.540. The lowest BCUT2D eigenvalue weighted by Crippen LogP contribution is -2.39. The van der Waals surface area contributed by atoms with Crippen LogP contribution >= 0.6 is 15.9 Å². The highest BCUT2D eigenvalue weighted by Gasteiger charge is 2.29. The van der Waals surface area contributed by atoms with Gasteiger partial charge in [-0.05, 0) is 49.4 Å². The summed E-state index contributed by atoms with van der Waals surface area (Å²) in [6.07, 6.45) is 3.88. The highest BCUT2D eigenvalue weighted by atomic mass is 79.9. The van der Waals surface area contributed by atoms with E-state index in [1.54, 1.807) is 0 Å². The number of benzene rings is 1. The van der Waals surface area contributed by atoms with E-state index in [1.807, 2.05) is 0 Å². The predicted octanol–water partition coefficient (Wildman–Crippen LogP) is 5.14. The Morgan fingerprint density at radius 2 is 1.95 bits per heavy atom. The molecule has 0 bridgehead atoms. The van der Waals surface area contributed by atoms with E-state index < -0.39 is 0 Å². The van der Waals surface area contributed by atoms with Gasteiger partial charge in [-0.2, -0.15) is 0 Å². The summed E-state index contributed by atoms with van der Waals surface area (Å²) in [7, 11) is 0. The molecule has 0 saturated carbocycles. The lowest BCUT2D eigenvalue weighted by atomic mass is 9.78. The first-order valence-electron chi connectivity index (χ1n) is 8.27. The van der Waals surface area contributed by atoms with E-state index in [2.05, 4.69) is 72.0 Å². The van der Waals surface area contributed by atoms with Gasteiger partial charge in [0.25, 0.3) is 0 Å². The van der Waals surface area contributed by atoms with E-state index in [-0.39, 0.29) is 0 Å². The third kappa shape index (κ3) is 4.01. The summed E-state index contributed by atoms with van der Waals surface area (Å²) >= 11 is 3.64. The van der Waals surface area contributed by atoms with Gasteiger partial charge in [-0.25, -0.2) is 0 Å². The van der Waals surface area contributed by atoms with Gasteiger partial charge in [0, 0.05) is 29.3 Å². The second kappa shape index (κ2) is 7.15. The molecule has 0 amide bonds. The molecule has 21 heavy (non-hydrogen) atoms. The molecule has 0 aromatic heterocycles. The van der Waals surface area contributed by atoms with Gasteiger partial charge in [0.15, 0.2) is 0 Å². The van der Waals surface area contributed by atoms with Crippen LogP contribution in [-0.2, 0) is 0 Å². The van der Waals surface area contributed by atoms with Crippen molar-refractivity contribution in [2.75, 3.05) is 24.5 Å². The van der Waals surface area contributed by atoms with E-state index in [0.29, 0.717) is 11.5 Å². The summed E-state index contributed by atoms with van der Waals surface area (Å²) in [4.78, 5) is 2.57. The maximum absolute atomic E-state index is 3.64. The summed E-state index contributed by atoms with van der Waals surface area (Å²) in [5, 5.41) is 3.55. The van der Waals surface area contributed by atoms with E-state index >= 15 is 0 Å². The lowest BCUT2D eigenvalue weighted by Gasteiger charge is -2.41. The minimum Gasteiger partial charge on any atom is -0.371 e. The SMILES string of the molecule is CCNC(C)c1ccc(Br)cc1N1CCC(C)(CC)CC1. The van der Waals surface area contributed by atoms with Gasteiger partial charge in [0.2, 0.25) is 0 Å². The summed E-state index contributed by atoms with van der Waals surface area (Å²) in [6, 6.07) is 7.11. The lowest BCUT2D eigenvalue weighted by molar-refractivity contribution is 0.238. The number of piperidine rings is 1. The average molecular weight is 353 g/mol. The fraction of sp³-hybridized carbons (Fsp3) is 0.667. The van der Waals surface area contributed by atoms with Crippen LogP contribution in [0, 0.1) is 5.41 Å². The number of nitrogens with zero attached hydrogens (tertiary/aromatic N) is 1. The van der Waals surface area contributed by atoms with Gasteiger partial charge in [0.1, 0.15) is 0 Å². The Balaban J connectivity index is 2.21. The predicted molar refractivity (Wildman–Crippen MR) is 96.1 cm³/mol. The van der Waals surface area contributed by atoms with Crippen LogP contribution < -0.4 is 10.2 Å². The third-order valence-corrected chi connectivity index (χ3v) is 5.63. The molecule has 1 N–H and O–H groups in total. The number of hydrogen-bond acceptors (Lipinski definition) is 2. The van der Waals surface area contributed by atoms with Crippen molar-refractivity contribution in [1.82, 2.24) is 5.32 Å². The number of anilines is 1. The van der Waals surface area contributed by atoms with E-state index in [1.165, 1.54) is 48.1 Å². The van der Waals surface area contributed by atoms with Crippen LogP contribution in [0.3, 0.4) is 0 Å². The smallest absolute Gasteiger partial charge is 0.0425 e. The highest BCUT2D eigenvalue weighted by Crippen LogP contribution is 2.38. The maximum atomic E-state index is 3.64. The molecule has 0 spiro atoms. The molecule has 1 aliphatic heterocycles. The highest BCUT2D eigenvalue weighted by molar-refractivity contribution is 9.10. The van der Waals surface area contributed by atoms with Crippen LogP contribution in [0.2, 0.25) is 0 Å². The van der Waals surface area contributed by atoms with Crippen molar-refractivity contribution in [2.45, 2.75) is 53.0 Å². The van der Waals surface area contributed by atoms with Gasteiger partial charge in [-0.3, -0.25) is 0 Å². The second-order valence-corrected chi connectivity index (χ2v) is 7.55. The molecule has 1 aliphatic rings. The summed E-state index contributed by atoms with van der Waals surface area (Å²) in [6.45, 7) is 12.5. The molecule has 3 heteroatoms. The fourth-order valence-electron chi connectivity index (χ4n) is 3.21. The monoisotopic (exact) mass is 352 g/mol. The van der Waals surface area contributed by atoms with E-state index in [9.17, 15) is 0 Å². The van der Waals surface area contributed by atoms with Crippen molar-refractivity contribution in [3.63, 3.8) is 0 Å². The Kier molecular flexibility index (Phi) is 5.73. The average Bonchev–Trinajstić information content (AvgIpc) is 2.48. The molecule has 2 nitrogen and oxygen atoms in total. The standard InChI is InChI=1S/C18H29BrN2/c1-5-18(4)9-11-21(12-10-18)17-13-15(19)7-8-16(17)14(3)20-6-2/h7-8,13-14,20H,5-6,9-12H2,1-4H3. The zero-order valence-electron chi connectivity index (χ0n) is 13.9. The molecule has 0 aliphatic carbocycles. The molecule has 1 heterocycles. The maximum Gasteiger partial charge on any atom is 0.0425 e. The fourth-order valence-corrected chi connectivity index (χ4v) is 3.56. The Labute approximate surface area is 138 Å². The number of rotatable bonds is 5. The Morgan fingerprint density at radius 1 is 1.29 bits per heavy atom. The van der Waals surface area contributed by atoms with Crippen molar-refractivity contribution in [3.05, 3.63) is 28.2 Å². The minimum absolute atomic E-state index is 0.401. The molecule has 1 saturated heterocycles. The molecular formula is C18H29BrN2. The number of halogens is 1. The largest absolute Gasteiger partial charge is 0.371 e. The first-order valence-corrected chi connectivity index (χ1v) is 9.06. The molecule has 2 rings (SSSR count). The molecule has 1 unspecified atom stereocenters. The molecule has 0 radical (unpaired) electrons. The molecular weight excluding hydrogens is 324 g/mol. The van der Waals surface area contributed by atoms with Gasteiger partial charge in [-0.1, -0.05) is 49.2 Å². The van der Waals surface area contributed by atoms with Gasteiger partial charge in [0.05, 0.1) is 0 Å². The molecule has 1 aromatic carbocycles. The number of hydrogen-bond donors (Lipinski definition) is 1. The normalized spacial score (nSPS) is 19.6. The van der Waals surface area contributed by atoms with Crippen molar-refractivity contribution >= 4 is 21.6 Å². The molecule has 118 valence electrons. The van der Waals surface area contributed by atoms with Crippen LogP contribution in [0.4, 0.5) is 5.69 Å². The van der Waals surface area contributed by atoms with Crippen molar-refractivity contribution in [1.29, 1.82) is 0 Å². The second-order valence-electron chi connectivity index (χ2n) is 6.63. The van der Waals surface area contributed by atoms with Crippen LogP contribution in [0.1, 0.15) is 58.6 Å². The Bertz CT molecular complexity index is 464. The van der Waals surface area contributed by atoms with Crippen LogP contribution in [-0.4, -0.2) is 19.6 Å². The number of nitrogens with one attached hydrogen (secondary N) is 1. The molecule has 1 aromatic rings. The molecule has 1 atom stereocenters. The Morgan fingerprint density at radius 3 is 2.52 bits per heavy atom. The summed E-state index contributed by atoms with van der Waals surface area (Å²) in [5.74, 6) is 0. The zero-order valence-corrected chi connectivity index (χ0v) is 15.5. The zero-order chi connectivity index (χ0) is 15.5. The van der Waals surface area contributed by atoms with Crippen LogP contribution in [0.5, 0.6) is 0 Å². The van der Waals surface area contributed by atoms with Gasteiger partial charge in [-0.15, -0.1) is 0 Å². The molecule has 1 fully saturated rings. The summed E-state index contributed by atoms with van der Waals surface area (Å²) < 4.78 is 1.17. The van der Waals surface area contributed by atoms with Gasteiger partial charge >= 0.3 is 0 Å². The minimum atomic E-state index is 0.401. The first kappa shape index (κ1) is 16.8. The van der Waals surface area contributed by atoms with Crippen LogP contribution in [0.25, 0.3) is 0 Å². The topological polar surface area (TPSA) is 15.3 Å².